The second kappa shape index (κ2) is 9.89. The van der Waals surface area contributed by atoms with Crippen LogP contribution in [0.25, 0.3) is 11.3 Å². The van der Waals surface area contributed by atoms with Gasteiger partial charge < -0.3 is 14.2 Å². The molecule has 8 heteroatoms. The molecule has 0 saturated carbocycles. The van der Waals surface area contributed by atoms with Crippen LogP contribution in [-0.4, -0.2) is 37.7 Å². The molecule has 30 heavy (non-hydrogen) atoms. The van der Waals surface area contributed by atoms with Crippen LogP contribution in [0.5, 0.6) is 11.5 Å². The Morgan fingerprint density at radius 1 is 1.03 bits per heavy atom. The molecule has 0 bridgehead atoms. The lowest BCUT2D eigenvalue weighted by Gasteiger charge is -2.09. The van der Waals surface area contributed by atoms with Crippen molar-refractivity contribution in [1.29, 1.82) is 0 Å². The third-order valence-corrected chi connectivity index (χ3v) is 5.12. The molecule has 1 aromatic heterocycles. The lowest BCUT2D eigenvalue weighted by Crippen LogP contribution is -2.20. The van der Waals surface area contributed by atoms with Gasteiger partial charge in [-0.1, -0.05) is 31.2 Å². The fraction of sp³-hybridized carbons (Fsp3) is 0.227. The number of carbonyl (C=O) groups excluding carboxylic acids is 2. The first-order chi connectivity index (χ1) is 14.5. The number of aryl methyl sites for hydroxylation is 1. The van der Waals surface area contributed by atoms with Crippen molar-refractivity contribution in [2.24, 2.45) is 0 Å². The molecule has 0 aliphatic rings. The van der Waals surface area contributed by atoms with E-state index in [1.54, 1.807) is 12.1 Å². The Labute approximate surface area is 178 Å². The maximum atomic E-state index is 12.2. The van der Waals surface area contributed by atoms with Gasteiger partial charge in [-0.3, -0.25) is 10.1 Å². The molecule has 7 nitrogen and oxygen atoms in total. The summed E-state index contributed by atoms with van der Waals surface area (Å²) in [4.78, 5) is 28.8. The van der Waals surface area contributed by atoms with E-state index in [2.05, 4.69) is 29.4 Å². The van der Waals surface area contributed by atoms with Crippen LogP contribution in [0.15, 0.2) is 47.8 Å². The zero-order valence-corrected chi connectivity index (χ0v) is 17.7. The highest BCUT2D eigenvalue weighted by Gasteiger charge is 2.15. The highest BCUT2D eigenvalue weighted by molar-refractivity contribution is 7.14. The molecule has 1 amide bonds. The van der Waals surface area contributed by atoms with Crippen LogP contribution in [0.4, 0.5) is 5.13 Å². The van der Waals surface area contributed by atoms with E-state index in [9.17, 15) is 9.59 Å². The second-order valence-electron chi connectivity index (χ2n) is 6.28. The second-order valence-corrected chi connectivity index (χ2v) is 7.14. The molecule has 0 aliphatic heterocycles. The van der Waals surface area contributed by atoms with Crippen LogP contribution in [0.1, 0.15) is 22.8 Å². The highest BCUT2D eigenvalue weighted by Crippen LogP contribution is 2.28. The van der Waals surface area contributed by atoms with Gasteiger partial charge in [-0.2, -0.15) is 0 Å². The molecule has 0 unspecified atom stereocenters. The monoisotopic (exact) mass is 426 g/mol. The number of ether oxygens (including phenoxy) is 3. The van der Waals surface area contributed by atoms with E-state index in [1.807, 2.05) is 17.5 Å². The van der Waals surface area contributed by atoms with Gasteiger partial charge in [0.05, 0.1) is 25.5 Å². The van der Waals surface area contributed by atoms with Gasteiger partial charge >= 0.3 is 5.97 Å². The zero-order valence-electron chi connectivity index (χ0n) is 16.9. The number of anilines is 1. The minimum Gasteiger partial charge on any atom is -0.493 e. The normalized spacial score (nSPS) is 10.4. The van der Waals surface area contributed by atoms with Crippen LogP contribution in [0, 0.1) is 0 Å². The Balaban J connectivity index is 1.56. The van der Waals surface area contributed by atoms with Gasteiger partial charge in [-0.15, -0.1) is 11.3 Å². The molecule has 1 N–H and O–H groups in total. The molecule has 0 saturated heterocycles. The maximum absolute atomic E-state index is 12.2. The molecule has 0 radical (unpaired) electrons. The van der Waals surface area contributed by atoms with Crippen molar-refractivity contribution in [3.05, 3.63) is 59.0 Å². The molecule has 0 atom stereocenters. The number of aromatic nitrogens is 1. The zero-order chi connectivity index (χ0) is 21.5. The largest absolute Gasteiger partial charge is 0.493 e. The number of rotatable bonds is 8. The number of benzene rings is 2. The van der Waals surface area contributed by atoms with Gasteiger partial charge in [0.25, 0.3) is 5.91 Å². The van der Waals surface area contributed by atoms with Crippen molar-refractivity contribution in [2.45, 2.75) is 13.3 Å². The Bertz CT molecular complexity index is 1030. The van der Waals surface area contributed by atoms with Crippen LogP contribution < -0.4 is 14.8 Å². The van der Waals surface area contributed by atoms with Crippen molar-refractivity contribution < 1.29 is 23.8 Å². The lowest BCUT2D eigenvalue weighted by atomic mass is 10.1. The van der Waals surface area contributed by atoms with Crippen LogP contribution >= 0.6 is 11.3 Å². The lowest BCUT2D eigenvalue weighted by molar-refractivity contribution is -0.119. The van der Waals surface area contributed by atoms with E-state index >= 15 is 0 Å². The summed E-state index contributed by atoms with van der Waals surface area (Å²) >= 11 is 1.31. The van der Waals surface area contributed by atoms with E-state index in [0.717, 1.165) is 17.7 Å². The Morgan fingerprint density at radius 2 is 1.77 bits per heavy atom. The molecule has 1 heterocycles. The summed E-state index contributed by atoms with van der Waals surface area (Å²) in [6.45, 7) is 1.68. The van der Waals surface area contributed by atoms with Gasteiger partial charge in [0.2, 0.25) is 0 Å². The number of methoxy groups -OCH3 is 2. The smallest absolute Gasteiger partial charge is 0.338 e. The van der Waals surface area contributed by atoms with Gasteiger partial charge in [-0.25, -0.2) is 9.78 Å². The fourth-order valence-electron chi connectivity index (χ4n) is 2.71. The molecule has 0 aliphatic carbocycles. The Morgan fingerprint density at radius 3 is 2.43 bits per heavy atom. The van der Waals surface area contributed by atoms with Crippen LogP contribution in [0.2, 0.25) is 0 Å². The van der Waals surface area contributed by atoms with Gasteiger partial charge in [-0.05, 0) is 30.2 Å². The minimum absolute atomic E-state index is 0.257. The quantitative estimate of drug-likeness (QED) is 0.544. The predicted molar refractivity (Wildman–Crippen MR) is 115 cm³/mol. The molecular formula is C22H22N2O5S. The van der Waals surface area contributed by atoms with Gasteiger partial charge in [0.15, 0.2) is 23.2 Å². The molecular weight excluding hydrogens is 404 g/mol. The third kappa shape index (κ3) is 5.15. The number of carbonyl (C=O) groups is 2. The Kier molecular flexibility index (Phi) is 7.03. The maximum Gasteiger partial charge on any atom is 0.338 e. The average Bonchev–Trinajstić information content (AvgIpc) is 3.25. The first-order valence-electron chi connectivity index (χ1n) is 9.28. The van der Waals surface area contributed by atoms with Crippen molar-refractivity contribution in [2.75, 3.05) is 26.1 Å². The first kappa shape index (κ1) is 21.3. The van der Waals surface area contributed by atoms with Gasteiger partial charge in [0.1, 0.15) is 0 Å². The van der Waals surface area contributed by atoms with E-state index < -0.39 is 18.5 Å². The number of hydrogen-bond donors (Lipinski definition) is 1. The van der Waals surface area contributed by atoms with Crippen LogP contribution in [-0.2, 0) is 16.0 Å². The van der Waals surface area contributed by atoms with E-state index in [4.69, 9.17) is 14.2 Å². The average molecular weight is 426 g/mol. The minimum atomic E-state index is -0.637. The molecule has 156 valence electrons. The number of nitrogens with one attached hydrogen (secondary N) is 1. The van der Waals surface area contributed by atoms with E-state index in [0.29, 0.717) is 16.6 Å². The van der Waals surface area contributed by atoms with Crippen molar-refractivity contribution >= 4 is 28.3 Å². The highest BCUT2D eigenvalue weighted by atomic mass is 32.1. The third-order valence-electron chi connectivity index (χ3n) is 4.36. The van der Waals surface area contributed by atoms with Crippen molar-refractivity contribution in [3.63, 3.8) is 0 Å². The van der Waals surface area contributed by atoms with E-state index in [-0.39, 0.29) is 5.56 Å². The summed E-state index contributed by atoms with van der Waals surface area (Å²) in [7, 11) is 2.98. The summed E-state index contributed by atoms with van der Waals surface area (Å²) in [5.74, 6) is -0.206. The summed E-state index contributed by atoms with van der Waals surface area (Å²) in [6, 6.07) is 12.8. The molecule has 2 aromatic carbocycles. The molecule has 3 rings (SSSR count). The SMILES string of the molecule is CCc1ccc(-c2csc(NC(=O)COC(=O)c3ccc(OC)c(OC)c3)n2)cc1. The van der Waals surface area contributed by atoms with Crippen molar-refractivity contribution in [3.8, 4) is 22.8 Å². The number of thiazole rings is 1. The summed E-state index contributed by atoms with van der Waals surface area (Å²) in [5, 5.41) is 4.96. The number of esters is 1. The van der Waals surface area contributed by atoms with Crippen molar-refractivity contribution in [1.82, 2.24) is 4.98 Å². The predicted octanol–water partition coefficient (Wildman–Crippen LogP) is 4.19. The molecule has 0 spiro atoms. The van der Waals surface area contributed by atoms with Crippen LogP contribution in [0.3, 0.4) is 0 Å². The fourth-order valence-corrected chi connectivity index (χ4v) is 3.44. The topological polar surface area (TPSA) is 86.8 Å². The number of nitrogens with zero attached hydrogens (tertiary/aromatic N) is 1. The number of amides is 1. The summed E-state index contributed by atoms with van der Waals surface area (Å²) < 4.78 is 15.4. The Hall–Kier alpha value is -3.39. The van der Waals surface area contributed by atoms with Gasteiger partial charge in [0, 0.05) is 10.9 Å². The molecule has 0 fully saturated rings. The standard InChI is InChI=1S/C22H22N2O5S/c1-4-14-5-7-15(8-6-14)17-13-30-22(23-17)24-20(25)12-29-21(26)16-9-10-18(27-2)19(11-16)28-3/h5-11,13H,4,12H2,1-3H3,(H,23,24,25). The summed E-state index contributed by atoms with van der Waals surface area (Å²) in [5.41, 5.74) is 3.26. The van der Waals surface area contributed by atoms with E-state index in [1.165, 1.54) is 37.2 Å². The molecule has 3 aromatic rings. The summed E-state index contributed by atoms with van der Waals surface area (Å²) in [6.07, 6.45) is 0.973. The first-order valence-corrected chi connectivity index (χ1v) is 10.2. The number of hydrogen-bond acceptors (Lipinski definition) is 7.